The number of imidazole rings is 1. The number of rotatable bonds is 8. The van der Waals surface area contributed by atoms with E-state index in [-0.39, 0.29) is 0 Å². The average molecular weight is 367 g/mol. The van der Waals surface area contributed by atoms with Gasteiger partial charge in [-0.05, 0) is 32.2 Å². The summed E-state index contributed by atoms with van der Waals surface area (Å²) in [4.78, 5) is 7.16. The molecule has 0 aliphatic carbocycles. The molecule has 3 rings (SSSR count). The fraction of sp³-hybridized carbons (Fsp3) is 0.438. The zero-order valence-electron chi connectivity index (χ0n) is 14.1. The molecule has 0 radical (unpaired) electrons. The van der Waals surface area contributed by atoms with E-state index in [1.165, 1.54) is 0 Å². The molecule has 3 aromatic heterocycles. The molecule has 130 valence electrons. The van der Waals surface area contributed by atoms with Crippen molar-refractivity contribution in [2.45, 2.75) is 33.7 Å². The number of fused-ring (bicyclic) bond motifs is 1. The minimum atomic E-state index is -3.36. The number of thiophene rings is 1. The van der Waals surface area contributed by atoms with Crippen molar-refractivity contribution in [2.75, 3.05) is 13.2 Å². The maximum Gasteiger partial charge on any atom is 0.378 e. The molecule has 0 spiro atoms. The third-order valence-corrected chi connectivity index (χ3v) is 7.13. The molecule has 0 fully saturated rings. The van der Waals surface area contributed by atoms with Gasteiger partial charge in [0.2, 0.25) is 0 Å². The molecule has 0 atom stereocenters. The Bertz CT molecular complexity index is 844. The Balaban J connectivity index is 2.08. The second-order valence-electron chi connectivity index (χ2n) is 5.38. The maximum absolute atomic E-state index is 13.4. The molecule has 0 amide bonds. The Kier molecular flexibility index (Phi) is 5.25. The summed E-state index contributed by atoms with van der Waals surface area (Å²) in [6.07, 6.45) is 4.25. The van der Waals surface area contributed by atoms with Crippen molar-refractivity contribution in [3.05, 3.63) is 35.4 Å². The highest BCUT2D eigenvalue weighted by Crippen LogP contribution is 2.50. The Labute approximate surface area is 145 Å². The molecule has 6 nitrogen and oxygen atoms in total. The molecule has 8 heteroatoms. The summed E-state index contributed by atoms with van der Waals surface area (Å²) in [6, 6.07) is 2.00. The van der Waals surface area contributed by atoms with Gasteiger partial charge in [0.15, 0.2) is 0 Å². The second-order valence-corrected chi connectivity index (χ2v) is 8.23. The number of aromatic nitrogens is 3. The summed E-state index contributed by atoms with van der Waals surface area (Å²) in [6.45, 7) is 7.09. The van der Waals surface area contributed by atoms with Gasteiger partial charge in [-0.15, -0.1) is 11.3 Å². The van der Waals surface area contributed by atoms with Crippen LogP contribution < -0.4 is 5.44 Å². The highest BCUT2D eigenvalue weighted by atomic mass is 32.1. The fourth-order valence-electron chi connectivity index (χ4n) is 2.91. The molecule has 1 N–H and O–H groups in total. The fourth-order valence-corrected chi connectivity index (χ4v) is 5.93. The predicted molar refractivity (Wildman–Crippen MR) is 97.3 cm³/mol. The molecule has 0 bridgehead atoms. The van der Waals surface area contributed by atoms with E-state index in [1.807, 2.05) is 31.5 Å². The molecule has 3 aromatic rings. The number of H-pyrrole nitrogens is 1. The molecular formula is C16H22N3O3PS. The minimum absolute atomic E-state index is 0.341. The highest BCUT2D eigenvalue weighted by Gasteiger charge is 2.34. The van der Waals surface area contributed by atoms with Crippen molar-refractivity contribution in [3.63, 3.8) is 0 Å². The second kappa shape index (κ2) is 7.23. The summed E-state index contributed by atoms with van der Waals surface area (Å²) >= 11 is 1.65. The van der Waals surface area contributed by atoms with Gasteiger partial charge in [-0.3, -0.25) is 4.57 Å². The average Bonchev–Trinajstić information content (AvgIpc) is 3.25. The number of hydrogen-bond acceptors (Lipinski definition) is 5. The molecule has 24 heavy (non-hydrogen) atoms. The lowest BCUT2D eigenvalue weighted by atomic mass is 10.3. The maximum atomic E-state index is 13.4. The first kappa shape index (κ1) is 17.4. The first-order chi connectivity index (χ1) is 11.6. The lowest BCUT2D eigenvalue weighted by Gasteiger charge is -2.20. The lowest BCUT2D eigenvalue weighted by molar-refractivity contribution is 0.228. The first-order valence-corrected chi connectivity index (χ1v) is 10.5. The molecule has 0 aliphatic heterocycles. The van der Waals surface area contributed by atoms with Crippen LogP contribution in [0.25, 0.3) is 10.1 Å². The van der Waals surface area contributed by atoms with Crippen LogP contribution in [-0.2, 0) is 26.6 Å². The van der Waals surface area contributed by atoms with Gasteiger partial charge < -0.3 is 18.6 Å². The lowest BCUT2D eigenvalue weighted by Crippen LogP contribution is -2.23. The van der Waals surface area contributed by atoms with Crippen molar-refractivity contribution in [3.8, 4) is 0 Å². The van der Waals surface area contributed by atoms with Gasteiger partial charge in [-0.25, -0.2) is 4.98 Å². The Hall–Kier alpha value is -1.40. The van der Waals surface area contributed by atoms with Crippen molar-refractivity contribution >= 4 is 34.5 Å². The van der Waals surface area contributed by atoms with Crippen LogP contribution >= 0.6 is 18.9 Å². The van der Waals surface area contributed by atoms with Crippen LogP contribution in [0.2, 0.25) is 0 Å². The molecule has 0 saturated heterocycles. The number of nitrogens with one attached hydrogen (secondary N) is 1. The third-order valence-electron chi connectivity index (χ3n) is 3.91. The van der Waals surface area contributed by atoms with Crippen LogP contribution in [0.15, 0.2) is 24.0 Å². The Morgan fingerprint density at radius 3 is 2.71 bits per heavy atom. The summed E-state index contributed by atoms with van der Waals surface area (Å²) < 4.78 is 27.9. The van der Waals surface area contributed by atoms with Crippen LogP contribution in [-0.4, -0.2) is 27.7 Å². The van der Waals surface area contributed by atoms with E-state index in [2.05, 4.69) is 21.5 Å². The highest BCUT2D eigenvalue weighted by molar-refractivity contribution is 7.62. The molecular weight excluding hydrogens is 345 g/mol. The smallest absolute Gasteiger partial charge is 0.348 e. The molecule has 0 aromatic carbocycles. The summed E-state index contributed by atoms with van der Waals surface area (Å²) in [5.41, 5.74) is 2.80. The predicted octanol–water partition coefficient (Wildman–Crippen LogP) is 3.87. The van der Waals surface area contributed by atoms with Crippen molar-refractivity contribution in [1.29, 1.82) is 0 Å². The Morgan fingerprint density at radius 2 is 2.08 bits per heavy atom. The normalized spacial score (nSPS) is 12.3. The molecule has 0 saturated carbocycles. The van der Waals surface area contributed by atoms with Gasteiger partial charge >= 0.3 is 7.60 Å². The van der Waals surface area contributed by atoms with Crippen molar-refractivity contribution in [1.82, 2.24) is 14.5 Å². The Morgan fingerprint density at radius 1 is 1.33 bits per heavy atom. The van der Waals surface area contributed by atoms with E-state index >= 15 is 0 Å². The summed E-state index contributed by atoms with van der Waals surface area (Å²) in [5.74, 6) is 0. The first-order valence-electron chi connectivity index (χ1n) is 8.04. The van der Waals surface area contributed by atoms with E-state index in [0.29, 0.717) is 25.2 Å². The van der Waals surface area contributed by atoms with Crippen LogP contribution in [0.5, 0.6) is 0 Å². The number of aryl methyl sites for hydroxylation is 2. The van der Waals surface area contributed by atoms with Crippen LogP contribution in [0.3, 0.4) is 0 Å². The van der Waals surface area contributed by atoms with E-state index in [4.69, 9.17) is 9.05 Å². The summed E-state index contributed by atoms with van der Waals surface area (Å²) in [7, 11) is -3.36. The molecule has 0 unspecified atom stereocenters. The summed E-state index contributed by atoms with van der Waals surface area (Å²) in [5, 5.41) is 2.98. The molecule has 0 aliphatic rings. The number of nitrogens with zero attached hydrogens (tertiary/aromatic N) is 2. The van der Waals surface area contributed by atoms with E-state index in [9.17, 15) is 4.57 Å². The number of aromatic amines is 1. The van der Waals surface area contributed by atoms with Gasteiger partial charge in [-0.1, -0.05) is 0 Å². The minimum Gasteiger partial charge on any atom is -0.348 e. The van der Waals surface area contributed by atoms with Crippen LogP contribution in [0, 0.1) is 6.92 Å². The van der Waals surface area contributed by atoms with Gasteiger partial charge in [0.25, 0.3) is 0 Å². The van der Waals surface area contributed by atoms with E-state index in [0.717, 1.165) is 27.9 Å². The monoisotopic (exact) mass is 367 g/mol. The quantitative estimate of drug-likeness (QED) is 0.614. The zero-order chi connectivity index (χ0) is 17.2. The third kappa shape index (κ3) is 3.09. The van der Waals surface area contributed by atoms with Crippen LogP contribution in [0.1, 0.15) is 25.2 Å². The van der Waals surface area contributed by atoms with Gasteiger partial charge in [0, 0.05) is 35.9 Å². The van der Waals surface area contributed by atoms with Gasteiger partial charge in [-0.2, -0.15) is 0 Å². The zero-order valence-corrected chi connectivity index (χ0v) is 15.8. The number of hydrogen-bond donors (Lipinski definition) is 1. The molecule has 3 heterocycles. The van der Waals surface area contributed by atoms with E-state index < -0.39 is 7.60 Å². The van der Waals surface area contributed by atoms with Gasteiger partial charge in [0.05, 0.1) is 24.2 Å². The topological polar surface area (TPSA) is 69.1 Å². The van der Waals surface area contributed by atoms with Gasteiger partial charge in [0.1, 0.15) is 5.44 Å². The SMILES string of the molecule is CCOP(=O)(OCC)c1c2ccsc2c(C)n1CCc1cnc[nH]1. The van der Waals surface area contributed by atoms with E-state index in [1.54, 1.807) is 17.7 Å². The largest absolute Gasteiger partial charge is 0.378 e. The van der Waals surface area contributed by atoms with Crippen LogP contribution in [0.4, 0.5) is 0 Å². The standard InChI is InChI=1S/C16H22N3O3PS/c1-4-21-23(20,22-5-2)16-14-7-9-24-15(14)12(3)19(16)8-6-13-10-17-11-18-13/h7,9-11H,4-6,8H2,1-3H3,(H,17,18). The van der Waals surface area contributed by atoms with Crippen molar-refractivity contribution < 1.29 is 13.6 Å². The van der Waals surface area contributed by atoms with Crippen molar-refractivity contribution in [2.24, 2.45) is 0 Å².